The third kappa shape index (κ3) is 1.82. The number of nitrogens with zero attached hydrogens (tertiary/aromatic N) is 1. The second kappa shape index (κ2) is 3.92. The van der Waals surface area contributed by atoms with Gasteiger partial charge in [0, 0.05) is 12.0 Å². The standard InChI is InChI=1S/C12H11FN2O2/c13-7-3-4-9-8(6-7)11(15-12(16)14-9)10-2-1-5-17-10/h3-4,6,10H,1-2,5H2,(H,14,15,16). The summed E-state index contributed by atoms with van der Waals surface area (Å²) in [5, 5.41) is 0.622. The summed E-state index contributed by atoms with van der Waals surface area (Å²) in [7, 11) is 0. The number of H-pyrrole nitrogens is 1. The van der Waals surface area contributed by atoms with Crippen molar-refractivity contribution in [3.8, 4) is 0 Å². The Kier molecular flexibility index (Phi) is 2.40. The number of benzene rings is 1. The first-order valence-corrected chi connectivity index (χ1v) is 5.55. The largest absolute Gasteiger partial charge is 0.372 e. The fourth-order valence-electron chi connectivity index (χ4n) is 2.20. The lowest BCUT2D eigenvalue weighted by molar-refractivity contribution is 0.109. The van der Waals surface area contributed by atoms with Crippen molar-refractivity contribution in [2.75, 3.05) is 6.61 Å². The van der Waals surface area contributed by atoms with Crippen molar-refractivity contribution in [3.05, 3.63) is 40.2 Å². The molecule has 1 N–H and O–H groups in total. The second-order valence-corrected chi connectivity index (χ2v) is 4.12. The van der Waals surface area contributed by atoms with E-state index in [0.29, 0.717) is 23.2 Å². The first-order chi connectivity index (χ1) is 8.24. The summed E-state index contributed by atoms with van der Waals surface area (Å²) in [5.41, 5.74) is 0.715. The molecule has 2 heterocycles. The summed E-state index contributed by atoms with van der Waals surface area (Å²) >= 11 is 0. The molecule has 17 heavy (non-hydrogen) atoms. The summed E-state index contributed by atoms with van der Waals surface area (Å²) in [4.78, 5) is 17.9. The molecule has 1 aliphatic rings. The molecule has 1 fully saturated rings. The average molecular weight is 234 g/mol. The monoisotopic (exact) mass is 234 g/mol. The summed E-state index contributed by atoms with van der Waals surface area (Å²) in [6.45, 7) is 0.672. The van der Waals surface area contributed by atoms with Crippen LogP contribution >= 0.6 is 0 Å². The highest BCUT2D eigenvalue weighted by molar-refractivity contribution is 5.81. The molecule has 5 heteroatoms. The number of aromatic nitrogens is 2. The van der Waals surface area contributed by atoms with Crippen LogP contribution in [0, 0.1) is 5.82 Å². The van der Waals surface area contributed by atoms with Crippen LogP contribution in [0.2, 0.25) is 0 Å². The van der Waals surface area contributed by atoms with Crippen LogP contribution in [0.4, 0.5) is 4.39 Å². The smallest absolute Gasteiger partial charge is 0.345 e. The number of hydrogen-bond acceptors (Lipinski definition) is 3. The lowest BCUT2D eigenvalue weighted by Gasteiger charge is -2.11. The van der Waals surface area contributed by atoms with Crippen LogP contribution in [-0.4, -0.2) is 16.6 Å². The summed E-state index contributed by atoms with van der Waals surface area (Å²) in [5.74, 6) is -0.342. The number of fused-ring (bicyclic) bond motifs is 1. The van der Waals surface area contributed by atoms with E-state index in [2.05, 4.69) is 9.97 Å². The van der Waals surface area contributed by atoms with Crippen molar-refractivity contribution in [1.82, 2.24) is 9.97 Å². The predicted octanol–water partition coefficient (Wildman–Crippen LogP) is 1.91. The van der Waals surface area contributed by atoms with E-state index < -0.39 is 5.69 Å². The Morgan fingerprint density at radius 1 is 1.47 bits per heavy atom. The third-order valence-electron chi connectivity index (χ3n) is 2.96. The zero-order valence-electron chi connectivity index (χ0n) is 9.07. The zero-order chi connectivity index (χ0) is 11.8. The van der Waals surface area contributed by atoms with Crippen LogP contribution < -0.4 is 5.69 Å². The molecule has 1 saturated heterocycles. The van der Waals surface area contributed by atoms with E-state index >= 15 is 0 Å². The van der Waals surface area contributed by atoms with Crippen LogP contribution in [0.25, 0.3) is 10.9 Å². The minimum atomic E-state index is -0.422. The molecule has 0 amide bonds. The highest BCUT2D eigenvalue weighted by Gasteiger charge is 2.21. The molecule has 1 aromatic carbocycles. The molecule has 1 aliphatic heterocycles. The Bertz CT molecular complexity index is 617. The maximum atomic E-state index is 13.2. The lowest BCUT2D eigenvalue weighted by Crippen LogP contribution is -2.15. The summed E-state index contributed by atoms with van der Waals surface area (Å²) in [6.07, 6.45) is 1.63. The molecule has 1 aromatic heterocycles. The van der Waals surface area contributed by atoms with Gasteiger partial charge in [-0.1, -0.05) is 0 Å². The molecule has 88 valence electrons. The van der Waals surface area contributed by atoms with Crippen molar-refractivity contribution in [1.29, 1.82) is 0 Å². The van der Waals surface area contributed by atoms with Gasteiger partial charge in [0.1, 0.15) is 5.82 Å². The quantitative estimate of drug-likeness (QED) is 0.820. The van der Waals surface area contributed by atoms with Gasteiger partial charge >= 0.3 is 5.69 Å². The van der Waals surface area contributed by atoms with Crippen molar-refractivity contribution >= 4 is 10.9 Å². The van der Waals surface area contributed by atoms with Crippen LogP contribution in [0.3, 0.4) is 0 Å². The minimum Gasteiger partial charge on any atom is -0.372 e. The van der Waals surface area contributed by atoms with Crippen LogP contribution in [0.15, 0.2) is 23.0 Å². The highest BCUT2D eigenvalue weighted by atomic mass is 19.1. The third-order valence-corrected chi connectivity index (χ3v) is 2.96. The van der Waals surface area contributed by atoms with Gasteiger partial charge in [-0.2, -0.15) is 4.98 Å². The number of halogens is 1. The van der Waals surface area contributed by atoms with E-state index in [1.54, 1.807) is 0 Å². The molecule has 3 rings (SSSR count). The summed E-state index contributed by atoms with van der Waals surface area (Å²) in [6, 6.07) is 4.20. The zero-order valence-corrected chi connectivity index (χ0v) is 9.07. The second-order valence-electron chi connectivity index (χ2n) is 4.12. The molecule has 0 saturated carbocycles. The molecular weight excluding hydrogens is 223 g/mol. The van der Waals surface area contributed by atoms with Crippen molar-refractivity contribution in [2.45, 2.75) is 18.9 Å². The Balaban J connectivity index is 2.27. The topological polar surface area (TPSA) is 55.0 Å². The molecule has 0 spiro atoms. The SMILES string of the molecule is O=c1nc2ccc(F)cc2c(C2CCCO2)[nH]1. The summed E-state index contributed by atoms with van der Waals surface area (Å²) < 4.78 is 18.8. The molecule has 0 aliphatic carbocycles. The Labute approximate surface area is 96.4 Å². The molecular formula is C12H11FN2O2. The molecule has 1 atom stereocenters. The molecule has 2 aromatic rings. The molecule has 0 radical (unpaired) electrons. The average Bonchev–Trinajstić information content (AvgIpc) is 2.82. The number of nitrogens with one attached hydrogen (secondary N) is 1. The van der Waals surface area contributed by atoms with E-state index in [0.717, 1.165) is 12.8 Å². The Morgan fingerprint density at radius 3 is 3.12 bits per heavy atom. The van der Waals surface area contributed by atoms with E-state index in [4.69, 9.17) is 4.74 Å². The molecule has 0 bridgehead atoms. The number of hydrogen-bond donors (Lipinski definition) is 1. The highest BCUT2D eigenvalue weighted by Crippen LogP contribution is 2.30. The minimum absolute atomic E-state index is 0.157. The number of aromatic amines is 1. The Morgan fingerprint density at radius 2 is 2.35 bits per heavy atom. The molecule has 1 unspecified atom stereocenters. The van der Waals surface area contributed by atoms with E-state index in [9.17, 15) is 9.18 Å². The van der Waals surface area contributed by atoms with Gasteiger partial charge in [0.05, 0.1) is 17.3 Å². The first kappa shape index (κ1) is 10.4. The van der Waals surface area contributed by atoms with E-state index in [1.807, 2.05) is 0 Å². The van der Waals surface area contributed by atoms with Crippen molar-refractivity contribution in [3.63, 3.8) is 0 Å². The fraction of sp³-hybridized carbons (Fsp3) is 0.333. The normalized spacial score (nSPS) is 19.9. The van der Waals surface area contributed by atoms with Gasteiger partial charge in [0.15, 0.2) is 0 Å². The van der Waals surface area contributed by atoms with Gasteiger partial charge in [-0.05, 0) is 31.0 Å². The van der Waals surface area contributed by atoms with Crippen LogP contribution in [0.1, 0.15) is 24.6 Å². The van der Waals surface area contributed by atoms with Crippen molar-refractivity contribution in [2.24, 2.45) is 0 Å². The van der Waals surface area contributed by atoms with Gasteiger partial charge in [0.25, 0.3) is 0 Å². The maximum Gasteiger partial charge on any atom is 0.345 e. The van der Waals surface area contributed by atoms with E-state index in [-0.39, 0.29) is 11.9 Å². The molecule has 4 nitrogen and oxygen atoms in total. The number of rotatable bonds is 1. The van der Waals surface area contributed by atoms with Crippen LogP contribution in [-0.2, 0) is 4.74 Å². The maximum absolute atomic E-state index is 13.2. The fourth-order valence-corrected chi connectivity index (χ4v) is 2.20. The van der Waals surface area contributed by atoms with E-state index in [1.165, 1.54) is 18.2 Å². The Hall–Kier alpha value is -1.75. The van der Waals surface area contributed by atoms with Gasteiger partial charge in [-0.25, -0.2) is 9.18 Å². The van der Waals surface area contributed by atoms with Gasteiger partial charge in [-0.15, -0.1) is 0 Å². The van der Waals surface area contributed by atoms with Gasteiger partial charge in [-0.3, -0.25) is 0 Å². The van der Waals surface area contributed by atoms with Crippen LogP contribution in [0.5, 0.6) is 0 Å². The van der Waals surface area contributed by atoms with Crippen molar-refractivity contribution < 1.29 is 9.13 Å². The number of ether oxygens (including phenoxy) is 1. The van der Waals surface area contributed by atoms with Gasteiger partial charge < -0.3 is 9.72 Å². The predicted molar refractivity (Wildman–Crippen MR) is 60.2 cm³/mol. The lowest BCUT2D eigenvalue weighted by atomic mass is 10.1. The van der Waals surface area contributed by atoms with Gasteiger partial charge in [0.2, 0.25) is 0 Å². The first-order valence-electron chi connectivity index (χ1n) is 5.55.